The lowest BCUT2D eigenvalue weighted by Crippen LogP contribution is -2.48. The van der Waals surface area contributed by atoms with Crippen LogP contribution < -0.4 is 16.8 Å². The maximum atomic E-state index is 12.7. The molecule has 6 heteroatoms. The van der Waals surface area contributed by atoms with Crippen LogP contribution in [0.3, 0.4) is 0 Å². The zero-order valence-electron chi connectivity index (χ0n) is 15.5. The Hall–Kier alpha value is -1.59. The lowest BCUT2D eigenvalue weighted by Gasteiger charge is -2.43. The SMILES string of the molecule is CC(C)(C(N)=O)c1ccc(NC(=O)C2CC3CCCC(C2)C3N)cc1.Cl. The monoisotopic (exact) mass is 379 g/mol. The highest BCUT2D eigenvalue weighted by molar-refractivity contribution is 5.93. The number of nitrogens with one attached hydrogen (secondary N) is 1. The van der Waals surface area contributed by atoms with Crippen LogP contribution in [0.15, 0.2) is 24.3 Å². The smallest absolute Gasteiger partial charge is 0.227 e. The second-order valence-corrected chi connectivity index (χ2v) is 8.25. The van der Waals surface area contributed by atoms with Crippen molar-refractivity contribution in [2.24, 2.45) is 29.2 Å². The lowest BCUT2D eigenvalue weighted by molar-refractivity contribution is -0.123. The number of nitrogens with two attached hydrogens (primary N) is 2. The van der Waals surface area contributed by atoms with Crippen molar-refractivity contribution >= 4 is 29.9 Å². The molecule has 2 unspecified atom stereocenters. The Morgan fingerprint density at radius 2 is 1.62 bits per heavy atom. The van der Waals surface area contributed by atoms with E-state index in [0.717, 1.165) is 36.9 Å². The number of halogens is 1. The first-order chi connectivity index (χ1) is 11.8. The number of hydrogen-bond donors (Lipinski definition) is 3. The summed E-state index contributed by atoms with van der Waals surface area (Å²) in [6.07, 6.45) is 5.34. The molecule has 144 valence electrons. The molecule has 2 aliphatic rings. The number of anilines is 1. The second kappa shape index (κ2) is 7.97. The molecule has 0 spiro atoms. The van der Waals surface area contributed by atoms with Gasteiger partial charge in [-0.2, -0.15) is 0 Å². The summed E-state index contributed by atoms with van der Waals surface area (Å²) in [4.78, 5) is 24.2. The second-order valence-electron chi connectivity index (χ2n) is 8.25. The molecule has 0 heterocycles. The standard InChI is InChI=1S/C20H29N3O2.ClH/c1-20(2,19(22)25)15-6-8-16(9-7-15)23-18(24)14-10-12-4-3-5-13(11-14)17(12)21;/h6-9,12-14,17H,3-5,10-11,21H2,1-2H3,(H2,22,25)(H,23,24);1H. The molecule has 2 saturated carbocycles. The number of primary amides is 1. The molecule has 2 fully saturated rings. The number of hydrogen-bond acceptors (Lipinski definition) is 3. The Morgan fingerprint density at radius 1 is 1.08 bits per heavy atom. The molecule has 2 atom stereocenters. The van der Waals surface area contributed by atoms with Crippen LogP contribution >= 0.6 is 12.4 Å². The van der Waals surface area contributed by atoms with Crippen LogP contribution in [0.25, 0.3) is 0 Å². The van der Waals surface area contributed by atoms with Crippen molar-refractivity contribution in [2.75, 3.05) is 5.32 Å². The summed E-state index contributed by atoms with van der Waals surface area (Å²) >= 11 is 0. The van der Waals surface area contributed by atoms with E-state index in [1.807, 2.05) is 24.3 Å². The molecule has 1 aromatic rings. The third kappa shape index (κ3) is 4.04. The van der Waals surface area contributed by atoms with Gasteiger partial charge in [0.15, 0.2) is 0 Å². The summed E-state index contributed by atoms with van der Waals surface area (Å²) in [5.74, 6) is 0.751. The highest BCUT2D eigenvalue weighted by Gasteiger charge is 2.40. The van der Waals surface area contributed by atoms with Crippen molar-refractivity contribution in [3.63, 3.8) is 0 Å². The highest BCUT2D eigenvalue weighted by Crippen LogP contribution is 2.42. The summed E-state index contributed by atoms with van der Waals surface area (Å²) in [6, 6.07) is 7.66. The Bertz CT molecular complexity index is 646. The van der Waals surface area contributed by atoms with Crippen LogP contribution in [0, 0.1) is 17.8 Å². The number of amides is 2. The summed E-state index contributed by atoms with van der Waals surface area (Å²) in [7, 11) is 0. The molecule has 2 aliphatic carbocycles. The maximum absolute atomic E-state index is 12.7. The minimum atomic E-state index is -0.723. The van der Waals surface area contributed by atoms with E-state index in [0.29, 0.717) is 11.8 Å². The van der Waals surface area contributed by atoms with Gasteiger partial charge in [0, 0.05) is 17.6 Å². The number of fused-ring (bicyclic) bond motifs is 2. The Morgan fingerprint density at radius 3 is 2.12 bits per heavy atom. The quantitative estimate of drug-likeness (QED) is 0.749. The van der Waals surface area contributed by atoms with E-state index in [1.165, 1.54) is 6.42 Å². The zero-order valence-corrected chi connectivity index (χ0v) is 16.4. The molecule has 0 saturated heterocycles. The number of benzene rings is 1. The summed E-state index contributed by atoms with van der Waals surface area (Å²) in [5.41, 5.74) is 12.6. The van der Waals surface area contributed by atoms with Gasteiger partial charge < -0.3 is 16.8 Å². The predicted molar refractivity (Wildman–Crippen MR) is 106 cm³/mol. The molecule has 26 heavy (non-hydrogen) atoms. The van der Waals surface area contributed by atoms with Gasteiger partial charge >= 0.3 is 0 Å². The summed E-state index contributed by atoms with van der Waals surface area (Å²) in [5, 5.41) is 3.03. The first-order valence-electron chi connectivity index (χ1n) is 9.26. The van der Waals surface area contributed by atoms with Gasteiger partial charge in [-0.1, -0.05) is 18.6 Å². The fraction of sp³-hybridized carbons (Fsp3) is 0.600. The molecule has 0 aromatic heterocycles. The van der Waals surface area contributed by atoms with Crippen molar-refractivity contribution < 1.29 is 9.59 Å². The first-order valence-corrected chi connectivity index (χ1v) is 9.26. The van der Waals surface area contributed by atoms with E-state index in [4.69, 9.17) is 11.5 Å². The van der Waals surface area contributed by atoms with E-state index in [1.54, 1.807) is 13.8 Å². The van der Waals surface area contributed by atoms with E-state index in [2.05, 4.69) is 5.32 Å². The minimum absolute atomic E-state index is 0. The minimum Gasteiger partial charge on any atom is -0.369 e. The van der Waals surface area contributed by atoms with Gasteiger partial charge in [0.2, 0.25) is 11.8 Å². The van der Waals surface area contributed by atoms with Crippen LogP contribution in [0.4, 0.5) is 5.69 Å². The van der Waals surface area contributed by atoms with Crippen molar-refractivity contribution in [1.82, 2.24) is 0 Å². The predicted octanol–water partition coefficient (Wildman–Crippen LogP) is 2.96. The van der Waals surface area contributed by atoms with Crippen LogP contribution in [-0.4, -0.2) is 17.9 Å². The highest BCUT2D eigenvalue weighted by atomic mass is 35.5. The fourth-order valence-electron chi connectivity index (χ4n) is 4.36. The van der Waals surface area contributed by atoms with Gasteiger partial charge in [0.05, 0.1) is 5.41 Å². The average Bonchev–Trinajstić information content (AvgIpc) is 2.54. The van der Waals surface area contributed by atoms with Crippen molar-refractivity contribution in [1.29, 1.82) is 0 Å². The van der Waals surface area contributed by atoms with Crippen molar-refractivity contribution in [2.45, 2.75) is 57.4 Å². The topological polar surface area (TPSA) is 98.2 Å². The third-order valence-electron chi connectivity index (χ3n) is 6.27. The number of carbonyl (C=O) groups excluding carboxylic acids is 2. The van der Waals surface area contributed by atoms with Gasteiger partial charge in [0.25, 0.3) is 0 Å². The molecule has 0 aliphatic heterocycles. The normalized spacial score (nSPS) is 28.0. The lowest BCUT2D eigenvalue weighted by atomic mass is 9.65. The van der Waals surface area contributed by atoms with Crippen molar-refractivity contribution in [3.8, 4) is 0 Å². The zero-order chi connectivity index (χ0) is 18.2. The van der Waals surface area contributed by atoms with E-state index in [9.17, 15) is 9.59 Å². The van der Waals surface area contributed by atoms with Crippen LogP contribution in [0.1, 0.15) is 51.5 Å². The number of carbonyl (C=O) groups is 2. The molecule has 5 nitrogen and oxygen atoms in total. The Balaban J connectivity index is 0.00000243. The van der Waals surface area contributed by atoms with Gasteiger partial charge in [0.1, 0.15) is 0 Å². The van der Waals surface area contributed by atoms with Crippen LogP contribution in [0.5, 0.6) is 0 Å². The van der Waals surface area contributed by atoms with Gasteiger partial charge in [-0.05, 0) is 69.1 Å². The third-order valence-corrected chi connectivity index (χ3v) is 6.27. The Kier molecular flexibility index (Phi) is 6.35. The molecule has 1 aromatic carbocycles. The van der Waals surface area contributed by atoms with Gasteiger partial charge in [-0.15, -0.1) is 12.4 Å². The molecule has 2 amide bonds. The molecular weight excluding hydrogens is 350 g/mol. The van der Waals surface area contributed by atoms with Crippen LogP contribution in [0.2, 0.25) is 0 Å². The molecule has 2 bridgehead atoms. The summed E-state index contributed by atoms with van der Waals surface area (Å²) < 4.78 is 0. The van der Waals surface area contributed by atoms with Crippen LogP contribution in [-0.2, 0) is 15.0 Å². The largest absolute Gasteiger partial charge is 0.369 e. The Labute approximate surface area is 161 Å². The van der Waals surface area contributed by atoms with Gasteiger partial charge in [-0.25, -0.2) is 0 Å². The first kappa shape index (κ1) is 20.7. The van der Waals surface area contributed by atoms with E-state index in [-0.39, 0.29) is 36.2 Å². The molecular formula is C20H30ClN3O2. The molecule has 5 N–H and O–H groups in total. The molecule has 3 rings (SSSR count). The average molecular weight is 380 g/mol. The van der Waals surface area contributed by atoms with E-state index < -0.39 is 5.41 Å². The molecule has 0 radical (unpaired) electrons. The van der Waals surface area contributed by atoms with Gasteiger partial charge in [-0.3, -0.25) is 9.59 Å². The number of rotatable bonds is 4. The van der Waals surface area contributed by atoms with Crippen molar-refractivity contribution in [3.05, 3.63) is 29.8 Å². The maximum Gasteiger partial charge on any atom is 0.227 e. The fourth-order valence-corrected chi connectivity index (χ4v) is 4.36. The summed E-state index contributed by atoms with van der Waals surface area (Å²) in [6.45, 7) is 3.60. The van der Waals surface area contributed by atoms with E-state index >= 15 is 0 Å².